The van der Waals surface area contributed by atoms with Gasteiger partial charge in [-0.25, -0.2) is 9.37 Å². The molecule has 1 aromatic carbocycles. The van der Waals surface area contributed by atoms with Crippen LogP contribution in [0.3, 0.4) is 0 Å². The van der Waals surface area contributed by atoms with Crippen LogP contribution in [0.2, 0.25) is 0 Å². The van der Waals surface area contributed by atoms with Crippen molar-refractivity contribution in [3.05, 3.63) is 77.0 Å². The van der Waals surface area contributed by atoms with Crippen molar-refractivity contribution in [2.45, 2.75) is 19.6 Å². The zero-order valence-electron chi connectivity index (χ0n) is 13.4. The monoisotopic (exact) mass is 337 g/mol. The Balaban J connectivity index is 1.55. The molecule has 6 nitrogen and oxygen atoms in total. The fourth-order valence-corrected chi connectivity index (χ4v) is 3.01. The summed E-state index contributed by atoms with van der Waals surface area (Å²) in [6, 6.07) is 9.72. The van der Waals surface area contributed by atoms with Gasteiger partial charge in [0.25, 0.3) is 0 Å². The lowest BCUT2D eigenvalue weighted by Gasteiger charge is -2.17. The van der Waals surface area contributed by atoms with Crippen LogP contribution in [0.1, 0.15) is 27.2 Å². The number of pyridine rings is 1. The van der Waals surface area contributed by atoms with E-state index < -0.39 is 5.91 Å². The van der Waals surface area contributed by atoms with Gasteiger partial charge in [0.1, 0.15) is 11.6 Å². The molecule has 0 radical (unpaired) electrons. The average molecular weight is 337 g/mol. The zero-order chi connectivity index (χ0) is 17.4. The standard InChI is InChI=1S/C18H16FN5O/c19-15-3-1-12(2-4-15)9-24-16-11-23(10-14(16)8-22-24)17-7-13(18(20)25)5-6-21-17/h1-8H,9-11H2,(H2,20,25). The number of benzene rings is 1. The first-order chi connectivity index (χ1) is 12.1. The zero-order valence-corrected chi connectivity index (χ0v) is 13.4. The number of hydrogen-bond donors (Lipinski definition) is 1. The van der Waals surface area contributed by atoms with E-state index in [4.69, 9.17) is 5.73 Å². The molecule has 0 saturated carbocycles. The normalized spacial score (nSPS) is 13.1. The van der Waals surface area contributed by atoms with E-state index in [1.54, 1.807) is 30.5 Å². The molecule has 0 unspecified atom stereocenters. The first-order valence-corrected chi connectivity index (χ1v) is 7.89. The quantitative estimate of drug-likeness (QED) is 0.791. The highest BCUT2D eigenvalue weighted by Crippen LogP contribution is 2.27. The van der Waals surface area contributed by atoms with E-state index >= 15 is 0 Å². The molecule has 7 heteroatoms. The van der Waals surface area contributed by atoms with E-state index in [0.29, 0.717) is 31.0 Å². The minimum absolute atomic E-state index is 0.249. The van der Waals surface area contributed by atoms with E-state index in [1.807, 2.05) is 10.9 Å². The maximum absolute atomic E-state index is 13.0. The lowest BCUT2D eigenvalue weighted by Crippen LogP contribution is -2.19. The molecule has 0 atom stereocenters. The van der Waals surface area contributed by atoms with Crippen molar-refractivity contribution in [2.75, 3.05) is 4.90 Å². The van der Waals surface area contributed by atoms with Crippen LogP contribution in [-0.2, 0) is 19.6 Å². The number of nitrogens with two attached hydrogens (primary N) is 1. The summed E-state index contributed by atoms with van der Waals surface area (Å²) in [5, 5.41) is 4.43. The Morgan fingerprint density at radius 2 is 2.00 bits per heavy atom. The average Bonchev–Trinajstić information content (AvgIpc) is 3.19. The fourth-order valence-electron chi connectivity index (χ4n) is 3.01. The third-order valence-corrected chi connectivity index (χ3v) is 4.34. The number of aromatic nitrogens is 3. The second-order valence-corrected chi connectivity index (χ2v) is 6.02. The maximum atomic E-state index is 13.0. The van der Waals surface area contributed by atoms with Crippen LogP contribution in [0.5, 0.6) is 0 Å². The Morgan fingerprint density at radius 3 is 2.76 bits per heavy atom. The Hall–Kier alpha value is -3.22. The van der Waals surface area contributed by atoms with Crippen molar-refractivity contribution in [3.8, 4) is 0 Å². The second kappa shape index (κ2) is 6.01. The minimum Gasteiger partial charge on any atom is -0.366 e. The lowest BCUT2D eigenvalue weighted by molar-refractivity contribution is 0.1000. The van der Waals surface area contributed by atoms with Gasteiger partial charge in [0.15, 0.2) is 0 Å². The van der Waals surface area contributed by atoms with Gasteiger partial charge in [-0.2, -0.15) is 5.10 Å². The number of carbonyl (C=O) groups excluding carboxylic acids is 1. The van der Waals surface area contributed by atoms with Crippen molar-refractivity contribution >= 4 is 11.7 Å². The summed E-state index contributed by atoms with van der Waals surface area (Å²) in [6.45, 7) is 1.90. The number of anilines is 1. The van der Waals surface area contributed by atoms with Crippen LogP contribution < -0.4 is 10.6 Å². The molecule has 3 aromatic rings. The summed E-state index contributed by atoms with van der Waals surface area (Å²) in [5.41, 5.74) is 8.98. The summed E-state index contributed by atoms with van der Waals surface area (Å²) >= 11 is 0. The molecule has 0 saturated heterocycles. The molecule has 25 heavy (non-hydrogen) atoms. The van der Waals surface area contributed by atoms with E-state index in [0.717, 1.165) is 16.8 Å². The van der Waals surface area contributed by atoms with Crippen LogP contribution in [-0.4, -0.2) is 20.7 Å². The van der Waals surface area contributed by atoms with Crippen molar-refractivity contribution in [1.29, 1.82) is 0 Å². The number of hydrogen-bond acceptors (Lipinski definition) is 4. The van der Waals surface area contributed by atoms with Gasteiger partial charge in [-0.05, 0) is 29.8 Å². The van der Waals surface area contributed by atoms with Gasteiger partial charge in [-0.3, -0.25) is 9.48 Å². The Morgan fingerprint density at radius 1 is 1.20 bits per heavy atom. The minimum atomic E-state index is -0.470. The molecule has 2 N–H and O–H groups in total. The van der Waals surface area contributed by atoms with Gasteiger partial charge in [0.2, 0.25) is 5.91 Å². The smallest absolute Gasteiger partial charge is 0.248 e. The fraction of sp³-hybridized carbons (Fsp3) is 0.167. The topological polar surface area (TPSA) is 77.0 Å². The number of amides is 1. The number of halogens is 1. The van der Waals surface area contributed by atoms with Gasteiger partial charge in [-0.1, -0.05) is 12.1 Å². The largest absolute Gasteiger partial charge is 0.366 e. The number of fused-ring (bicyclic) bond motifs is 1. The van der Waals surface area contributed by atoms with Crippen LogP contribution in [0.15, 0.2) is 48.8 Å². The molecule has 0 spiro atoms. The Kier molecular flexibility index (Phi) is 3.68. The summed E-state index contributed by atoms with van der Waals surface area (Å²) in [4.78, 5) is 17.8. The van der Waals surface area contributed by atoms with E-state index in [2.05, 4.69) is 15.0 Å². The van der Waals surface area contributed by atoms with E-state index in [9.17, 15) is 9.18 Å². The highest BCUT2D eigenvalue weighted by atomic mass is 19.1. The summed E-state index contributed by atoms with van der Waals surface area (Å²) < 4.78 is 15.0. The lowest BCUT2D eigenvalue weighted by atomic mass is 10.2. The van der Waals surface area contributed by atoms with Gasteiger partial charge in [0.05, 0.1) is 25.0 Å². The van der Waals surface area contributed by atoms with Crippen LogP contribution in [0.25, 0.3) is 0 Å². The molecule has 1 amide bonds. The van der Waals surface area contributed by atoms with Crippen LogP contribution >= 0.6 is 0 Å². The number of carbonyl (C=O) groups is 1. The first kappa shape index (κ1) is 15.3. The maximum Gasteiger partial charge on any atom is 0.248 e. The third-order valence-electron chi connectivity index (χ3n) is 4.34. The highest BCUT2D eigenvalue weighted by Gasteiger charge is 2.25. The molecule has 126 valence electrons. The Labute approximate surface area is 143 Å². The third kappa shape index (κ3) is 2.96. The molecule has 0 aliphatic carbocycles. The molecule has 1 aliphatic rings. The molecule has 0 bridgehead atoms. The van der Waals surface area contributed by atoms with Gasteiger partial charge in [-0.15, -0.1) is 0 Å². The molecule has 2 aromatic heterocycles. The van der Waals surface area contributed by atoms with Crippen molar-refractivity contribution < 1.29 is 9.18 Å². The molecule has 3 heterocycles. The van der Waals surface area contributed by atoms with Crippen molar-refractivity contribution in [2.24, 2.45) is 5.73 Å². The highest BCUT2D eigenvalue weighted by molar-refractivity contribution is 5.93. The molecule has 0 fully saturated rings. The van der Waals surface area contributed by atoms with Crippen molar-refractivity contribution in [1.82, 2.24) is 14.8 Å². The first-order valence-electron chi connectivity index (χ1n) is 7.89. The summed E-state index contributed by atoms with van der Waals surface area (Å²) in [6.07, 6.45) is 3.43. The van der Waals surface area contributed by atoms with E-state index in [-0.39, 0.29) is 5.82 Å². The predicted molar refractivity (Wildman–Crippen MR) is 90.4 cm³/mol. The summed E-state index contributed by atoms with van der Waals surface area (Å²) in [7, 11) is 0. The Bertz CT molecular complexity index is 935. The SMILES string of the molecule is NC(=O)c1ccnc(N2Cc3cnn(Cc4ccc(F)cc4)c3C2)c1. The molecular formula is C18H16FN5O. The number of primary amides is 1. The second-order valence-electron chi connectivity index (χ2n) is 6.02. The van der Waals surface area contributed by atoms with E-state index in [1.165, 1.54) is 12.1 Å². The van der Waals surface area contributed by atoms with Gasteiger partial charge >= 0.3 is 0 Å². The van der Waals surface area contributed by atoms with Crippen LogP contribution in [0.4, 0.5) is 10.2 Å². The number of nitrogens with zero attached hydrogens (tertiary/aromatic N) is 4. The summed E-state index contributed by atoms with van der Waals surface area (Å²) in [5.74, 6) is -0.00953. The van der Waals surface area contributed by atoms with Crippen molar-refractivity contribution in [3.63, 3.8) is 0 Å². The molecular weight excluding hydrogens is 321 g/mol. The van der Waals surface area contributed by atoms with Gasteiger partial charge in [0, 0.05) is 23.9 Å². The predicted octanol–water partition coefficient (Wildman–Crippen LogP) is 2.08. The van der Waals surface area contributed by atoms with Gasteiger partial charge < -0.3 is 10.6 Å². The number of rotatable bonds is 4. The molecule has 4 rings (SSSR count). The molecule has 1 aliphatic heterocycles. The van der Waals surface area contributed by atoms with Crippen LogP contribution in [0, 0.1) is 5.82 Å².